The lowest BCUT2D eigenvalue weighted by Gasteiger charge is -2.38. The van der Waals surface area contributed by atoms with E-state index in [4.69, 9.17) is 9.98 Å². The van der Waals surface area contributed by atoms with E-state index in [0.717, 1.165) is 74.6 Å². The summed E-state index contributed by atoms with van der Waals surface area (Å²) in [6, 6.07) is 10.9. The third-order valence-electron chi connectivity index (χ3n) is 6.84. The van der Waals surface area contributed by atoms with Gasteiger partial charge in [-0.3, -0.25) is 0 Å². The molecule has 0 aliphatic carbocycles. The molecule has 1 aliphatic rings. The highest BCUT2D eigenvalue weighted by atomic mass is 16.1. The van der Waals surface area contributed by atoms with Crippen molar-refractivity contribution in [2.75, 3.05) is 45.2 Å². The Hall–Kier alpha value is -3.25. The van der Waals surface area contributed by atoms with E-state index < -0.39 is 0 Å². The molecule has 3 rings (SSSR count). The molecule has 0 unspecified atom stereocenters. The molecule has 2 aromatic rings. The second kappa shape index (κ2) is 13.9. The summed E-state index contributed by atoms with van der Waals surface area (Å²) in [6.45, 7) is 13.1. The van der Waals surface area contributed by atoms with Crippen molar-refractivity contribution >= 4 is 23.9 Å². The first-order valence-corrected chi connectivity index (χ1v) is 13.4. The lowest BCUT2D eigenvalue weighted by atomic mass is 10.0. The Morgan fingerprint density at radius 1 is 1.14 bits per heavy atom. The highest BCUT2D eigenvalue weighted by Crippen LogP contribution is 2.24. The molecule has 1 aliphatic heterocycles. The minimum atomic E-state index is 0.544. The Morgan fingerprint density at radius 2 is 1.89 bits per heavy atom. The Labute approximate surface area is 223 Å². The summed E-state index contributed by atoms with van der Waals surface area (Å²) in [4.78, 5) is 27.5. The van der Waals surface area contributed by atoms with Crippen LogP contribution in [0.2, 0.25) is 0 Å². The fourth-order valence-corrected chi connectivity index (χ4v) is 4.73. The Bertz CT molecular complexity index is 1140. The molecule has 0 spiro atoms. The molecule has 0 radical (unpaired) electrons. The van der Waals surface area contributed by atoms with Gasteiger partial charge in [-0.1, -0.05) is 37.3 Å². The largest absolute Gasteiger partial charge is 0.353 e. The van der Waals surface area contributed by atoms with Crippen molar-refractivity contribution in [1.82, 2.24) is 14.8 Å². The van der Waals surface area contributed by atoms with Gasteiger partial charge in [-0.2, -0.15) is 0 Å². The van der Waals surface area contributed by atoms with Gasteiger partial charge in [-0.05, 0) is 87.2 Å². The van der Waals surface area contributed by atoms with Crippen LogP contribution in [0.25, 0.3) is 5.57 Å². The number of carbonyl (C=O) groups excluding carboxylic acids is 1. The van der Waals surface area contributed by atoms with Gasteiger partial charge in [0, 0.05) is 51.6 Å². The highest BCUT2D eigenvalue weighted by molar-refractivity contribution is 6.10. The first-order valence-electron chi connectivity index (χ1n) is 13.4. The summed E-state index contributed by atoms with van der Waals surface area (Å²) in [6.07, 6.45) is 9.32. The quantitative estimate of drug-likeness (QED) is 0.300. The number of carbonyl (C=O) groups is 1. The third kappa shape index (κ3) is 7.86. The minimum Gasteiger partial charge on any atom is -0.353 e. The maximum absolute atomic E-state index is 10.7. The molecule has 0 saturated carbocycles. The summed E-state index contributed by atoms with van der Waals surface area (Å²) in [5.74, 6) is 2.13. The van der Waals surface area contributed by atoms with Gasteiger partial charge >= 0.3 is 0 Å². The van der Waals surface area contributed by atoms with Gasteiger partial charge in [-0.25, -0.2) is 9.98 Å². The zero-order chi connectivity index (χ0) is 26.8. The molecular weight excluding hydrogens is 458 g/mol. The number of pyridine rings is 1. The minimum absolute atomic E-state index is 0.544. The van der Waals surface area contributed by atoms with Gasteiger partial charge < -0.3 is 19.5 Å². The lowest BCUT2D eigenvalue weighted by molar-refractivity contribution is -0.107. The van der Waals surface area contributed by atoms with E-state index in [1.54, 1.807) is 0 Å². The number of allylic oxidation sites excluding steroid dienone is 3. The zero-order valence-corrected chi connectivity index (χ0v) is 23.5. The molecule has 1 saturated heterocycles. The van der Waals surface area contributed by atoms with E-state index in [-0.39, 0.29) is 0 Å². The second-order valence-electron chi connectivity index (χ2n) is 10.1. The maximum atomic E-state index is 10.7. The smallest absolute Gasteiger partial charge is 0.131 e. The van der Waals surface area contributed by atoms with Gasteiger partial charge in [0.25, 0.3) is 0 Å². The van der Waals surface area contributed by atoms with Gasteiger partial charge in [0.2, 0.25) is 0 Å². The standard InChI is InChI=1S/C31H43N5O/c1-7-24(3)30(33-22-28(8-2)29-13-9-11-27(20-29)23-34(5)6)35-14-16-36(17-15-35)31-25(4)19-26(21-32-31)12-10-18-37/h8-9,11,13,18-22H,7,10,12,14-17,23H2,1-6H3/b28-8+,30-24-,33-22-. The fourth-order valence-electron chi connectivity index (χ4n) is 4.73. The number of aliphatic imine (C=N–C) groups is 1. The van der Waals surface area contributed by atoms with E-state index in [1.165, 1.54) is 22.3 Å². The number of nitrogens with zero attached hydrogens (tertiary/aromatic N) is 5. The van der Waals surface area contributed by atoms with Gasteiger partial charge in [0.05, 0.1) is 0 Å². The first kappa shape index (κ1) is 28.3. The predicted octanol–water partition coefficient (Wildman–Crippen LogP) is 5.52. The molecule has 37 heavy (non-hydrogen) atoms. The molecule has 0 amide bonds. The number of hydrogen-bond acceptors (Lipinski definition) is 6. The number of aldehydes is 1. The van der Waals surface area contributed by atoms with Crippen LogP contribution in [0.15, 0.2) is 59.0 Å². The normalized spacial score (nSPS) is 15.5. The van der Waals surface area contributed by atoms with Crippen LogP contribution in [-0.4, -0.2) is 67.6 Å². The molecule has 1 aromatic carbocycles. The molecular formula is C31H43N5O. The summed E-state index contributed by atoms with van der Waals surface area (Å²) >= 11 is 0. The molecule has 6 nitrogen and oxygen atoms in total. The van der Waals surface area contributed by atoms with Crippen LogP contribution >= 0.6 is 0 Å². The SMILES string of the molecule is C\C=C(/C=N\C(=C(/C)CC)N1CCN(c2ncc(CCC=O)cc2C)CC1)c1cccc(CN(C)C)c1. The van der Waals surface area contributed by atoms with Gasteiger partial charge in [-0.15, -0.1) is 0 Å². The van der Waals surface area contributed by atoms with Crippen molar-refractivity contribution in [2.24, 2.45) is 4.99 Å². The zero-order valence-electron chi connectivity index (χ0n) is 23.5. The molecule has 0 N–H and O–H groups in total. The molecule has 1 aromatic heterocycles. The summed E-state index contributed by atoms with van der Waals surface area (Å²) in [7, 11) is 4.19. The van der Waals surface area contributed by atoms with Crippen LogP contribution in [-0.2, 0) is 17.8 Å². The first-order chi connectivity index (χ1) is 17.9. The average Bonchev–Trinajstić information content (AvgIpc) is 2.90. The van der Waals surface area contributed by atoms with Crippen molar-refractivity contribution in [1.29, 1.82) is 0 Å². The number of piperazine rings is 1. The van der Waals surface area contributed by atoms with E-state index in [0.29, 0.717) is 6.42 Å². The van der Waals surface area contributed by atoms with Crippen LogP contribution in [0.3, 0.4) is 0 Å². The lowest BCUT2D eigenvalue weighted by Crippen LogP contribution is -2.46. The average molecular weight is 502 g/mol. The van der Waals surface area contributed by atoms with E-state index in [2.05, 4.69) is 92.9 Å². The Morgan fingerprint density at radius 3 is 2.51 bits per heavy atom. The fraction of sp³-hybridized carbons (Fsp3) is 0.452. The second-order valence-corrected chi connectivity index (χ2v) is 10.1. The molecule has 0 bridgehead atoms. The van der Waals surface area contributed by atoms with Crippen molar-refractivity contribution in [2.45, 2.75) is 53.5 Å². The summed E-state index contributed by atoms with van der Waals surface area (Å²) in [5.41, 5.74) is 7.22. The van der Waals surface area contributed by atoms with Gasteiger partial charge in [0.15, 0.2) is 0 Å². The summed E-state index contributed by atoms with van der Waals surface area (Å²) < 4.78 is 0. The van der Waals surface area contributed by atoms with Crippen LogP contribution in [0.4, 0.5) is 5.82 Å². The third-order valence-corrected chi connectivity index (χ3v) is 6.84. The van der Waals surface area contributed by atoms with Crippen LogP contribution in [0, 0.1) is 6.92 Å². The maximum Gasteiger partial charge on any atom is 0.131 e. The summed E-state index contributed by atoms with van der Waals surface area (Å²) in [5, 5.41) is 0. The van der Waals surface area contributed by atoms with Crippen molar-refractivity contribution in [3.8, 4) is 0 Å². The number of aromatic nitrogens is 1. The number of aryl methyl sites for hydroxylation is 2. The van der Waals surface area contributed by atoms with E-state index in [1.807, 2.05) is 12.4 Å². The number of benzene rings is 1. The molecule has 198 valence electrons. The van der Waals surface area contributed by atoms with E-state index in [9.17, 15) is 4.79 Å². The van der Waals surface area contributed by atoms with Crippen molar-refractivity contribution in [3.63, 3.8) is 0 Å². The molecule has 2 heterocycles. The Balaban J connectivity index is 1.72. The van der Waals surface area contributed by atoms with Crippen molar-refractivity contribution < 1.29 is 4.79 Å². The van der Waals surface area contributed by atoms with Crippen LogP contribution in [0.1, 0.15) is 55.9 Å². The molecule has 1 fully saturated rings. The highest BCUT2D eigenvalue weighted by Gasteiger charge is 2.22. The topological polar surface area (TPSA) is 52.0 Å². The Kier molecular flexibility index (Phi) is 10.6. The molecule has 6 heteroatoms. The number of anilines is 1. The monoisotopic (exact) mass is 501 g/mol. The number of rotatable bonds is 11. The van der Waals surface area contributed by atoms with E-state index >= 15 is 0 Å². The van der Waals surface area contributed by atoms with Crippen LogP contribution in [0.5, 0.6) is 0 Å². The molecule has 0 atom stereocenters. The van der Waals surface area contributed by atoms with Crippen molar-refractivity contribution in [3.05, 3.63) is 76.3 Å². The van der Waals surface area contributed by atoms with Crippen LogP contribution < -0.4 is 4.90 Å². The number of hydrogen-bond donors (Lipinski definition) is 0. The predicted molar refractivity (Wildman–Crippen MR) is 156 cm³/mol. The van der Waals surface area contributed by atoms with Gasteiger partial charge in [0.1, 0.15) is 17.9 Å².